The molecule has 1 fully saturated rings. The molecule has 0 bridgehead atoms. The largest absolute Gasteiger partial charge is 0.461 e. The van der Waals surface area contributed by atoms with Crippen molar-refractivity contribution in [1.82, 2.24) is 4.90 Å². The Morgan fingerprint density at radius 1 is 1.19 bits per heavy atom. The fourth-order valence-corrected chi connectivity index (χ4v) is 2.89. The number of nitrogens with zero attached hydrogens (tertiary/aromatic N) is 1. The Kier molecular flexibility index (Phi) is 8.31. The highest BCUT2D eigenvalue weighted by atomic mass is 16.5. The fraction of sp³-hybridized carbons (Fsp3) is 0.944. The summed E-state index contributed by atoms with van der Waals surface area (Å²) in [6.45, 7) is 12.2. The molecule has 1 heterocycles. The molecule has 1 saturated heterocycles. The van der Waals surface area contributed by atoms with Crippen LogP contribution < -0.4 is 0 Å². The highest BCUT2D eigenvalue weighted by molar-refractivity contribution is 5.69. The van der Waals surface area contributed by atoms with Crippen molar-refractivity contribution in [2.45, 2.75) is 85.2 Å². The van der Waals surface area contributed by atoms with Crippen molar-refractivity contribution in [2.24, 2.45) is 5.41 Å². The number of hydrogen-bond donors (Lipinski definition) is 0. The van der Waals surface area contributed by atoms with E-state index in [9.17, 15) is 4.79 Å². The van der Waals surface area contributed by atoms with E-state index >= 15 is 0 Å². The van der Waals surface area contributed by atoms with Gasteiger partial charge in [-0.1, -0.05) is 47.0 Å². The van der Waals surface area contributed by atoms with Gasteiger partial charge in [0.2, 0.25) is 0 Å². The van der Waals surface area contributed by atoms with Crippen LogP contribution in [-0.4, -0.2) is 36.6 Å². The van der Waals surface area contributed by atoms with Crippen molar-refractivity contribution in [3.05, 3.63) is 0 Å². The molecule has 0 aromatic carbocycles. The SMILES string of the molecule is CCCC(=O)OC1CCN(CCCCCCC(C)(C)C)C1. The van der Waals surface area contributed by atoms with Gasteiger partial charge in [-0.3, -0.25) is 9.69 Å². The van der Waals surface area contributed by atoms with Crippen LogP contribution in [0.3, 0.4) is 0 Å². The third-order valence-corrected chi connectivity index (χ3v) is 4.13. The first kappa shape index (κ1) is 18.5. The number of likely N-dealkylation sites (tertiary alicyclic amines) is 1. The fourth-order valence-electron chi connectivity index (χ4n) is 2.89. The normalized spacial score (nSPS) is 19.9. The quantitative estimate of drug-likeness (QED) is 0.466. The van der Waals surface area contributed by atoms with Gasteiger partial charge in [-0.05, 0) is 37.6 Å². The molecule has 0 N–H and O–H groups in total. The van der Waals surface area contributed by atoms with Gasteiger partial charge < -0.3 is 4.74 Å². The van der Waals surface area contributed by atoms with Crippen LogP contribution in [0.25, 0.3) is 0 Å². The second-order valence-corrected chi connectivity index (χ2v) is 7.68. The minimum atomic E-state index is -0.0217. The van der Waals surface area contributed by atoms with Gasteiger partial charge in [-0.25, -0.2) is 0 Å². The maximum atomic E-state index is 11.5. The zero-order chi connectivity index (χ0) is 15.7. The van der Waals surface area contributed by atoms with Crippen molar-refractivity contribution >= 4 is 5.97 Å². The molecular weight excluding hydrogens is 262 g/mol. The van der Waals surface area contributed by atoms with Gasteiger partial charge in [0.15, 0.2) is 0 Å². The van der Waals surface area contributed by atoms with E-state index in [0.29, 0.717) is 11.8 Å². The summed E-state index contributed by atoms with van der Waals surface area (Å²) in [4.78, 5) is 13.9. The van der Waals surface area contributed by atoms with E-state index in [1.54, 1.807) is 0 Å². The van der Waals surface area contributed by atoms with Crippen LogP contribution in [0.5, 0.6) is 0 Å². The van der Waals surface area contributed by atoms with E-state index in [2.05, 4.69) is 25.7 Å². The lowest BCUT2D eigenvalue weighted by atomic mass is 9.89. The highest BCUT2D eigenvalue weighted by Crippen LogP contribution is 2.22. The smallest absolute Gasteiger partial charge is 0.306 e. The molecule has 3 heteroatoms. The van der Waals surface area contributed by atoms with Crippen molar-refractivity contribution in [3.63, 3.8) is 0 Å². The van der Waals surface area contributed by atoms with Gasteiger partial charge in [0.05, 0.1) is 0 Å². The summed E-state index contributed by atoms with van der Waals surface area (Å²) in [7, 11) is 0. The molecule has 124 valence electrons. The van der Waals surface area contributed by atoms with Crippen LogP contribution in [0.4, 0.5) is 0 Å². The summed E-state index contributed by atoms with van der Waals surface area (Å²) in [6, 6.07) is 0. The second kappa shape index (κ2) is 9.45. The zero-order valence-electron chi connectivity index (χ0n) is 14.6. The van der Waals surface area contributed by atoms with Gasteiger partial charge in [0, 0.05) is 19.5 Å². The average Bonchev–Trinajstić information content (AvgIpc) is 2.80. The average molecular weight is 297 g/mol. The van der Waals surface area contributed by atoms with Gasteiger partial charge >= 0.3 is 5.97 Å². The molecule has 0 spiro atoms. The zero-order valence-corrected chi connectivity index (χ0v) is 14.6. The van der Waals surface area contributed by atoms with Crippen molar-refractivity contribution in [3.8, 4) is 0 Å². The minimum absolute atomic E-state index is 0.0217. The van der Waals surface area contributed by atoms with E-state index in [0.717, 1.165) is 32.5 Å². The van der Waals surface area contributed by atoms with Gasteiger partial charge in [0.1, 0.15) is 6.10 Å². The molecule has 1 rings (SSSR count). The standard InChI is InChI=1S/C18H35NO2/c1-5-10-17(20)21-16-11-14-19(15-16)13-9-7-6-8-12-18(2,3)4/h16H,5-15H2,1-4H3. The van der Waals surface area contributed by atoms with Gasteiger partial charge in [0.25, 0.3) is 0 Å². The highest BCUT2D eigenvalue weighted by Gasteiger charge is 2.24. The van der Waals surface area contributed by atoms with Crippen LogP contribution in [0, 0.1) is 5.41 Å². The first-order chi connectivity index (χ1) is 9.90. The molecule has 1 atom stereocenters. The summed E-state index contributed by atoms with van der Waals surface area (Å²) >= 11 is 0. The van der Waals surface area contributed by atoms with Gasteiger partial charge in [-0.15, -0.1) is 0 Å². The third kappa shape index (κ3) is 9.13. The summed E-state index contributed by atoms with van der Waals surface area (Å²) < 4.78 is 5.48. The molecule has 0 saturated carbocycles. The van der Waals surface area contributed by atoms with Crippen molar-refractivity contribution in [2.75, 3.05) is 19.6 Å². The monoisotopic (exact) mass is 297 g/mol. The van der Waals surface area contributed by atoms with Crippen LogP contribution in [0.15, 0.2) is 0 Å². The van der Waals surface area contributed by atoms with Crippen LogP contribution in [-0.2, 0) is 9.53 Å². The third-order valence-electron chi connectivity index (χ3n) is 4.13. The molecular formula is C18H35NO2. The molecule has 0 amide bonds. The number of unbranched alkanes of at least 4 members (excludes halogenated alkanes) is 3. The Balaban J connectivity index is 2.01. The molecule has 1 unspecified atom stereocenters. The van der Waals surface area contributed by atoms with E-state index in [1.165, 1.54) is 32.1 Å². The lowest BCUT2D eigenvalue weighted by Gasteiger charge is -2.18. The molecule has 0 aromatic heterocycles. The first-order valence-electron chi connectivity index (χ1n) is 8.82. The number of hydrogen-bond acceptors (Lipinski definition) is 3. The van der Waals surface area contributed by atoms with E-state index in [4.69, 9.17) is 4.74 Å². The topological polar surface area (TPSA) is 29.5 Å². The molecule has 1 aliphatic rings. The summed E-state index contributed by atoms with van der Waals surface area (Å²) in [6.07, 6.45) is 9.22. The number of rotatable bonds is 9. The van der Waals surface area contributed by atoms with E-state index in [1.807, 2.05) is 6.92 Å². The molecule has 3 nitrogen and oxygen atoms in total. The van der Waals surface area contributed by atoms with E-state index < -0.39 is 0 Å². The molecule has 21 heavy (non-hydrogen) atoms. The number of ether oxygens (including phenoxy) is 1. The van der Waals surface area contributed by atoms with Crippen LogP contribution >= 0.6 is 0 Å². The Morgan fingerprint density at radius 2 is 1.90 bits per heavy atom. The lowest BCUT2D eigenvalue weighted by molar-refractivity contribution is -0.148. The Morgan fingerprint density at radius 3 is 2.57 bits per heavy atom. The first-order valence-corrected chi connectivity index (χ1v) is 8.82. The van der Waals surface area contributed by atoms with Crippen molar-refractivity contribution in [1.29, 1.82) is 0 Å². The molecule has 0 aliphatic carbocycles. The maximum absolute atomic E-state index is 11.5. The second-order valence-electron chi connectivity index (χ2n) is 7.68. The maximum Gasteiger partial charge on any atom is 0.306 e. The minimum Gasteiger partial charge on any atom is -0.461 e. The Bertz CT molecular complexity index is 296. The Hall–Kier alpha value is -0.570. The number of esters is 1. The van der Waals surface area contributed by atoms with Crippen molar-refractivity contribution < 1.29 is 9.53 Å². The number of carbonyl (C=O) groups is 1. The number of carbonyl (C=O) groups excluding carboxylic acids is 1. The van der Waals surface area contributed by atoms with Crippen LogP contribution in [0.1, 0.15) is 79.1 Å². The van der Waals surface area contributed by atoms with Crippen LogP contribution in [0.2, 0.25) is 0 Å². The van der Waals surface area contributed by atoms with Gasteiger partial charge in [-0.2, -0.15) is 0 Å². The predicted molar refractivity (Wildman–Crippen MR) is 88.4 cm³/mol. The summed E-state index contributed by atoms with van der Waals surface area (Å²) in [5.41, 5.74) is 0.477. The molecule has 0 radical (unpaired) electrons. The molecule has 0 aromatic rings. The Labute approximate surface area is 131 Å². The lowest BCUT2D eigenvalue weighted by Crippen LogP contribution is -2.25. The molecule has 1 aliphatic heterocycles. The summed E-state index contributed by atoms with van der Waals surface area (Å²) in [5.74, 6) is -0.0217. The van der Waals surface area contributed by atoms with E-state index in [-0.39, 0.29) is 12.1 Å². The predicted octanol–water partition coefficient (Wildman–Crippen LogP) is 4.40. The summed E-state index contributed by atoms with van der Waals surface area (Å²) in [5, 5.41) is 0.